The molecule has 2 heterocycles. The maximum Gasteiger partial charge on any atom is 0.342 e. The van der Waals surface area contributed by atoms with E-state index in [4.69, 9.17) is 18.9 Å². The average Bonchev–Trinajstić information content (AvgIpc) is 3.44. The van der Waals surface area contributed by atoms with Gasteiger partial charge in [-0.05, 0) is 40.5 Å². The lowest BCUT2D eigenvalue weighted by Gasteiger charge is -2.27. The number of nitrogens with zero attached hydrogens (tertiary/aromatic N) is 2. The van der Waals surface area contributed by atoms with Crippen LogP contribution in [0.15, 0.2) is 18.2 Å². The van der Waals surface area contributed by atoms with Crippen molar-refractivity contribution in [1.82, 2.24) is 9.97 Å². The Bertz CT molecular complexity index is 1190. The van der Waals surface area contributed by atoms with Crippen molar-refractivity contribution in [3.63, 3.8) is 0 Å². The molecular weight excluding hydrogens is 529 g/mol. The molecule has 1 unspecified atom stereocenters. The van der Waals surface area contributed by atoms with E-state index in [9.17, 15) is 26.7 Å². The number of nitrogens with one attached hydrogen (secondary N) is 1. The molecule has 0 radical (unpaired) electrons. The van der Waals surface area contributed by atoms with Gasteiger partial charge >= 0.3 is 5.97 Å². The largest absolute Gasteiger partial charge is 0.451 e. The summed E-state index contributed by atoms with van der Waals surface area (Å²) in [4.78, 5) is 22.0. The van der Waals surface area contributed by atoms with Gasteiger partial charge in [0.1, 0.15) is 17.5 Å². The Morgan fingerprint density at radius 3 is 2.28 bits per heavy atom. The quantitative estimate of drug-likeness (QED) is 0.269. The molecule has 8 nitrogen and oxygen atoms in total. The van der Waals surface area contributed by atoms with Crippen LogP contribution in [0.2, 0.25) is 0 Å². The lowest BCUT2D eigenvalue weighted by Crippen LogP contribution is -2.33. The summed E-state index contributed by atoms with van der Waals surface area (Å²) in [6, 6.07) is 2.80. The number of halogens is 5. The van der Waals surface area contributed by atoms with Crippen molar-refractivity contribution in [2.45, 2.75) is 83.5 Å². The third-order valence-corrected chi connectivity index (χ3v) is 6.37. The van der Waals surface area contributed by atoms with Crippen molar-refractivity contribution < 1.29 is 45.7 Å². The van der Waals surface area contributed by atoms with Crippen molar-refractivity contribution >= 4 is 11.8 Å². The molecule has 39 heavy (non-hydrogen) atoms. The first-order valence-corrected chi connectivity index (χ1v) is 12.5. The van der Waals surface area contributed by atoms with Gasteiger partial charge in [-0.3, -0.25) is 0 Å². The highest BCUT2D eigenvalue weighted by Crippen LogP contribution is 2.46. The topological polar surface area (TPSA) is 91.8 Å². The summed E-state index contributed by atoms with van der Waals surface area (Å²) >= 11 is 0. The van der Waals surface area contributed by atoms with Gasteiger partial charge in [0.05, 0.1) is 42.2 Å². The molecule has 214 valence electrons. The van der Waals surface area contributed by atoms with Crippen LogP contribution in [0.4, 0.5) is 27.8 Å². The maximum atomic E-state index is 14.9. The molecule has 2 aliphatic rings. The molecule has 2 aromatic rings. The first-order chi connectivity index (χ1) is 18.4. The van der Waals surface area contributed by atoms with Crippen LogP contribution in [0.1, 0.15) is 86.7 Å². The molecule has 1 aliphatic heterocycles. The second-order valence-corrected chi connectivity index (χ2v) is 9.76. The fourth-order valence-electron chi connectivity index (χ4n) is 4.27. The number of hydrogen-bond donors (Lipinski definition) is 1. The van der Waals surface area contributed by atoms with Crippen LogP contribution in [0, 0.1) is 12.7 Å². The average molecular weight is 560 g/mol. The molecule has 2 fully saturated rings. The van der Waals surface area contributed by atoms with Gasteiger partial charge in [0, 0.05) is 5.56 Å². The first kappa shape index (κ1) is 29.1. The van der Waals surface area contributed by atoms with E-state index >= 15 is 0 Å². The molecule has 4 rings (SSSR count). The number of aryl methyl sites for hydroxylation is 1. The predicted octanol–water partition coefficient (Wildman–Crippen LogP) is 5.89. The predicted molar refractivity (Wildman–Crippen MR) is 128 cm³/mol. The fraction of sp³-hybridized carbons (Fsp3) is 0.577. The zero-order chi connectivity index (χ0) is 28.5. The number of carbonyl (C=O) groups excluding carboxylic acids is 1. The zero-order valence-corrected chi connectivity index (χ0v) is 21.9. The number of anilines is 1. The summed E-state index contributed by atoms with van der Waals surface area (Å²) in [5.41, 5.74) is -2.58. The molecule has 1 saturated carbocycles. The van der Waals surface area contributed by atoms with Crippen molar-refractivity contribution in [3.8, 4) is 0 Å². The minimum atomic E-state index is -3.01. The second kappa shape index (κ2) is 11.7. The Morgan fingerprint density at radius 2 is 1.72 bits per heavy atom. The molecule has 0 spiro atoms. The molecule has 2 atom stereocenters. The van der Waals surface area contributed by atoms with E-state index in [2.05, 4.69) is 15.3 Å². The summed E-state index contributed by atoms with van der Waals surface area (Å²) in [5.74, 6) is -1.91. The van der Waals surface area contributed by atoms with E-state index in [1.54, 1.807) is 20.8 Å². The van der Waals surface area contributed by atoms with Crippen LogP contribution in [0.3, 0.4) is 0 Å². The minimum Gasteiger partial charge on any atom is -0.451 e. The number of carbonyl (C=O) groups is 1. The lowest BCUT2D eigenvalue weighted by molar-refractivity contribution is -0.178. The van der Waals surface area contributed by atoms with Crippen LogP contribution in [0.25, 0.3) is 0 Å². The summed E-state index contributed by atoms with van der Waals surface area (Å²) in [6.07, 6.45) is -9.01. The van der Waals surface area contributed by atoms with Gasteiger partial charge in [-0.2, -0.15) is 0 Å². The summed E-state index contributed by atoms with van der Waals surface area (Å²) in [6.45, 7) is 6.77. The number of hydrogen-bond acceptors (Lipinski definition) is 8. The van der Waals surface area contributed by atoms with E-state index in [0.29, 0.717) is 0 Å². The number of esters is 1. The van der Waals surface area contributed by atoms with Crippen molar-refractivity contribution in [2.75, 3.05) is 18.5 Å². The van der Waals surface area contributed by atoms with E-state index in [1.165, 1.54) is 19.1 Å². The van der Waals surface area contributed by atoms with Gasteiger partial charge in [-0.25, -0.2) is 36.7 Å². The van der Waals surface area contributed by atoms with Crippen LogP contribution in [0.5, 0.6) is 0 Å². The van der Waals surface area contributed by atoms with Gasteiger partial charge in [0.25, 0.3) is 12.9 Å². The van der Waals surface area contributed by atoms with E-state index < -0.39 is 60.3 Å². The summed E-state index contributed by atoms with van der Waals surface area (Å²) < 4.78 is 91.0. The highest BCUT2D eigenvalue weighted by molar-refractivity contribution is 5.78. The minimum absolute atomic E-state index is 0.0167. The molecule has 13 heteroatoms. The highest BCUT2D eigenvalue weighted by atomic mass is 19.3. The Kier molecular flexibility index (Phi) is 8.72. The Morgan fingerprint density at radius 1 is 1.08 bits per heavy atom. The van der Waals surface area contributed by atoms with E-state index in [-0.39, 0.29) is 54.5 Å². The maximum absolute atomic E-state index is 14.9. The van der Waals surface area contributed by atoms with Crippen LogP contribution < -0.4 is 5.32 Å². The molecule has 1 aromatic carbocycles. The standard InChI is InChI=1S/C26H30F5N3O5/c1-12(2)38-20(23(35)39-26(8-9-26)25(30)31)19-17(24-36-10-11-37-24)22(34-14(4)33-19)32-13(3)15-6-5-7-16(18(15)27)21(28)29/h5-7,12-13,20-21,24-25H,8-11H2,1-4H3,(H,32,33,34)/t13-,20?/m1/s1. The Balaban J connectivity index is 1.77. The molecule has 0 bridgehead atoms. The highest BCUT2D eigenvalue weighted by Gasteiger charge is 2.56. The zero-order valence-electron chi connectivity index (χ0n) is 21.9. The second-order valence-electron chi connectivity index (χ2n) is 9.76. The Labute approximate surface area is 222 Å². The SMILES string of the molecule is Cc1nc(N[C@H](C)c2cccc(C(F)F)c2F)c(C2OCCO2)c(C(OC(C)C)C(=O)OC2(C(F)F)CC2)n1. The van der Waals surface area contributed by atoms with E-state index in [1.807, 2.05) is 0 Å². The number of aromatic nitrogens is 2. The van der Waals surface area contributed by atoms with Crippen LogP contribution >= 0.6 is 0 Å². The van der Waals surface area contributed by atoms with Gasteiger partial charge in [-0.15, -0.1) is 0 Å². The monoisotopic (exact) mass is 559 g/mol. The summed E-state index contributed by atoms with van der Waals surface area (Å²) in [5, 5.41) is 2.99. The van der Waals surface area contributed by atoms with Crippen LogP contribution in [-0.2, 0) is 23.7 Å². The molecule has 0 amide bonds. The number of rotatable bonds is 11. The van der Waals surface area contributed by atoms with Gasteiger partial charge in [0.2, 0.25) is 0 Å². The van der Waals surface area contributed by atoms with Crippen molar-refractivity contribution in [2.24, 2.45) is 0 Å². The van der Waals surface area contributed by atoms with Crippen molar-refractivity contribution in [1.29, 1.82) is 0 Å². The van der Waals surface area contributed by atoms with Crippen molar-refractivity contribution in [3.05, 3.63) is 52.2 Å². The first-order valence-electron chi connectivity index (χ1n) is 12.5. The van der Waals surface area contributed by atoms with Gasteiger partial charge in [0.15, 0.2) is 18.0 Å². The number of ether oxygens (including phenoxy) is 4. The molecular formula is C26H30F5N3O5. The van der Waals surface area contributed by atoms with Gasteiger partial charge in [-0.1, -0.05) is 18.2 Å². The fourth-order valence-corrected chi connectivity index (χ4v) is 4.27. The molecule has 1 aromatic heterocycles. The molecule has 1 N–H and O–H groups in total. The van der Waals surface area contributed by atoms with E-state index in [0.717, 1.165) is 6.07 Å². The summed E-state index contributed by atoms with van der Waals surface area (Å²) in [7, 11) is 0. The molecule has 1 saturated heterocycles. The smallest absolute Gasteiger partial charge is 0.342 e. The molecule has 1 aliphatic carbocycles. The lowest BCUT2D eigenvalue weighted by atomic mass is 10.0. The Hall–Kier alpha value is -2.90. The van der Waals surface area contributed by atoms with Crippen LogP contribution in [-0.4, -0.2) is 47.3 Å². The number of alkyl halides is 4. The third-order valence-electron chi connectivity index (χ3n) is 6.37. The van der Waals surface area contributed by atoms with Gasteiger partial charge < -0.3 is 24.3 Å². The number of benzene rings is 1. The third kappa shape index (κ3) is 6.30. The normalized spacial score (nSPS) is 18.6.